The monoisotopic (exact) mass is 460 g/mol. The van der Waals surface area contributed by atoms with Gasteiger partial charge in [0.15, 0.2) is 0 Å². The predicted molar refractivity (Wildman–Crippen MR) is 138 cm³/mol. The topological polar surface area (TPSA) is 0 Å². The van der Waals surface area contributed by atoms with E-state index in [1.54, 1.807) is 12.1 Å². The van der Waals surface area contributed by atoms with E-state index >= 15 is 0 Å². The van der Waals surface area contributed by atoms with E-state index in [1.165, 1.54) is 43.2 Å². The molecule has 1 fully saturated rings. The highest BCUT2D eigenvalue weighted by molar-refractivity contribution is 5.30. The lowest BCUT2D eigenvalue weighted by molar-refractivity contribution is 0.310. The molecule has 0 amide bonds. The minimum atomic E-state index is -0.395. The molecule has 4 rings (SSSR count). The third-order valence-electron chi connectivity index (χ3n) is 7.76. The molecule has 1 atom stereocenters. The Bertz CT molecular complexity index is 1010. The van der Waals surface area contributed by atoms with E-state index in [0.29, 0.717) is 18.3 Å². The first kappa shape index (κ1) is 24.6. The first-order valence-corrected chi connectivity index (χ1v) is 13.1. The second-order valence-electron chi connectivity index (χ2n) is 10.3. The summed E-state index contributed by atoms with van der Waals surface area (Å²) in [4.78, 5) is 0. The smallest absolute Gasteiger partial charge is 0.129 e. The molecule has 180 valence electrons. The van der Waals surface area contributed by atoms with E-state index in [-0.39, 0.29) is 11.5 Å². The van der Waals surface area contributed by atoms with Crippen LogP contribution in [0.15, 0.2) is 66.7 Å². The van der Waals surface area contributed by atoms with Gasteiger partial charge in [-0.3, -0.25) is 0 Å². The molecule has 1 unspecified atom stereocenters. The van der Waals surface area contributed by atoms with E-state index in [4.69, 9.17) is 0 Å². The fourth-order valence-electron chi connectivity index (χ4n) is 5.60. The summed E-state index contributed by atoms with van der Waals surface area (Å²) in [5.74, 6) is 0.599. The van der Waals surface area contributed by atoms with Gasteiger partial charge in [0.2, 0.25) is 0 Å². The van der Waals surface area contributed by atoms with Crippen LogP contribution in [-0.4, -0.2) is 0 Å². The van der Waals surface area contributed by atoms with Crippen molar-refractivity contribution in [2.24, 2.45) is 5.92 Å². The van der Waals surface area contributed by atoms with Gasteiger partial charge in [-0.1, -0.05) is 74.9 Å². The average molecular weight is 461 g/mol. The number of benzene rings is 3. The van der Waals surface area contributed by atoms with Gasteiger partial charge in [0, 0.05) is 5.56 Å². The number of rotatable bonds is 9. The molecular weight excluding hydrogens is 422 g/mol. The molecule has 0 nitrogen and oxygen atoms in total. The molecule has 3 aromatic carbocycles. The van der Waals surface area contributed by atoms with Gasteiger partial charge in [-0.25, -0.2) is 8.78 Å². The molecule has 0 saturated heterocycles. The van der Waals surface area contributed by atoms with Crippen LogP contribution < -0.4 is 0 Å². The zero-order valence-electron chi connectivity index (χ0n) is 20.7. The van der Waals surface area contributed by atoms with Gasteiger partial charge in [-0.2, -0.15) is 0 Å². The summed E-state index contributed by atoms with van der Waals surface area (Å²) in [7, 11) is 0. The average Bonchev–Trinajstić information content (AvgIpc) is 2.86. The molecule has 0 spiro atoms. The lowest BCUT2D eigenvalue weighted by atomic mass is 9.76. The van der Waals surface area contributed by atoms with Crippen LogP contribution in [0.5, 0.6) is 0 Å². The number of hydrogen-bond acceptors (Lipinski definition) is 0. The van der Waals surface area contributed by atoms with Crippen molar-refractivity contribution >= 4 is 0 Å². The maximum Gasteiger partial charge on any atom is 0.129 e. The molecule has 0 N–H and O–H groups in total. The van der Waals surface area contributed by atoms with Crippen molar-refractivity contribution in [3.05, 3.63) is 106 Å². The van der Waals surface area contributed by atoms with Crippen molar-refractivity contribution in [2.75, 3.05) is 0 Å². The third-order valence-corrected chi connectivity index (χ3v) is 7.76. The van der Waals surface area contributed by atoms with Gasteiger partial charge in [-0.15, -0.1) is 0 Å². The van der Waals surface area contributed by atoms with Crippen molar-refractivity contribution in [2.45, 2.75) is 83.5 Å². The van der Waals surface area contributed by atoms with Crippen LogP contribution in [-0.2, 0) is 19.3 Å². The van der Waals surface area contributed by atoms with E-state index < -0.39 is 11.6 Å². The van der Waals surface area contributed by atoms with Gasteiger partial charge in [-0.05, 0) is 104 Å². The molecule has 0 aromatic heterocycles. The van der Waals surface area contributed by atoms with E-state index in [1.807, 2.05) is 37.3 Å². The van der Waals surface area contributed by atoms with Crippen LogP contribution in [0.25, 0.3) is 0 Å². The molecule has 0 bridgehead atoms. The first-order chi connectivity index (χ1) is 16.5. The van der Waals surface area contributed by atoms with Crippen molar-refractivity contribution in [1.82, 2.24) is 0 Å². The molecule has 34 heavy (non-hydrogen) atoms. The Balaban J connectivity index is 1.28. The lowest BCUT2D eigenvalue weighted by Gasteiger charge is -2.29. The molecule has 1 aliphatic carbocycles. The quantitative estimate of drug-likeness (QED) is 0.298. The summed E-state index contributed by atoms with van der Waals surface area (Å²) in [5, 5.41) is 0. The number of aryl methyl sites for hydroxylation is 2. The molecule has 1 saturated carbocycles. The minimum absolute atomic E-state index is 0.0779. The Morgan fingerprint density at radius 3 is 2.06 bits per heavy atom. The summed E-state index contributed by atoms with van der Waals surface area (Å²) in [6.07, 6.45) is 9.34. The van der Waals surface area contributed by atoms with E-state index in [0.717, 1.165) is 30.4 Å². The van der Waals surface area contributed by atoms with Gasteiger partial charge >= 0.3 is 0 Å². The zero-order chi connectivity index (χ0) is 23.9. The lowest BCUT2D eigenvalue weighted by Crippen LogP contribution is -2.14. The molecule has 0 heterocycles. The second-order valence-corrected chi connectivity index (χ2v) is 10.3. The fraction of sp³-hybridized carbons (Fsp3) is 0.438. The molecule has 1 aliphatic rings. The Labute approximate surface area is 204 Å². The van der Waals surface area contributed by atoms with Crippen LogP contribution in [0.1, 0.15) is 92.0 Å². The summed E-state index contributed by atoms with van der Waals surface area (Å²) in [5.41, 5.74) is 5.02. The SMILES string of the molecule is CCCc1ccc(C2CCC(CCc3cc(F)c(CC(C)c4ccccc4)c(F)c3)CC2)cc1. The fourth-order valence-corrected chi connectivity index (χ4v) is 5.60. The largest absolute Gasteiger partial charge is 0.207 e. The van der Waals surface area contributed by atoms with Crippen molar-refractivity contribution < 1.29 is 8.78 Å². The van der Waals surface area contributed by atoms with Gasteiger partial charge in [0.25, 0.3) is 0 Å². The van der Waals surface area contributed by atoms with Gasteiger partial charge in [0.05, 0.1) is 0 Å². The van der Waals surface area contributed by atoms with Gasteiger partial charge in [0.1, 0.15) is 11.6 Å². The zero-order valence-corrected chi connectivity index (χ0v) is 20.7. The molecular formula is C32H38F2. The number of hydrogen-bond donors (Lipinski definition) is 0. The first-order valence-electron chi connectivity index (χ1n) is 13.1. The highest BCUT2D eigenvalue weighted by atomic mass is 19.1. The summed E-state index contributed by atoms with van der Waals surface area (Å²) >= 11 is 0. The minimum Gasteiger partial charge on any atom is -0.207 e. The van der Waals surface area contributed by atoms with Crippen molar-refractivity contribution in [3.8, 4) is 0 Å². The maximum absolute atomic E-state index is 14.8. The molecule has 0 aliphatic heterocycles. The molecule has 0 radical (unpaired) electrons. The maximum atomic E-state index is 14.8. The molecule has 3 aromatic rings. The summed E-state index contributed by atoms with van der Waals surface area (Å²) in [6, 6.07) is 22.3. The van der Waals surface area contributed by atoms with Crippen LogP contribution >= 0.6 is 0 Å². The standard InChI is InChI=1S/C32H38F2/c1-3-7-24-12-16-28(17-13-24)29-18-14-25(15-19-29)10-11-26-21-31(33)30(32(34)22-26)20-23(2)27-8-5-4-6-9-27/h4-6,8-9,12-13,16-17,21-23,25,29H,3,7,10-11,14-15,18-20H2,1-2H3. The normalized spacial score (nSPS) is 19.2. The van der Waals surface area contributed by atoms with E-state index in [2.05, 4.69) is 31.2 Å². The van der Waals surface area contributed by atoms with Crippen LogP contribution in [0.3, 0.4) is 0 Å². The van der Waals surface area contributed by atoms with Crippen LogP contribution in [0.4, 0.5) is 8.78 Å². The van der Waals surface area contributed by atoms with Crippen LogP contribution in [0, 0.1) is 17.6 Å². The highest BCUT2D eigenvalue weighted by Gasteiger charge is 2.23. The van der Waals surface area contributed by atoms with E-state index in [9.17, 15) is 8.78 Å². The predicted octanol–water partition coefficient (Wildman–Crippen LogP) is 9.17. The highest BCUT2D eigenvalue weighted by Crippen LogP contribution is 2.38. The Morgan fingerprint density at radius 2 is 1.44 bits per heavy atom. The summed E-state index contributed by atoms with van der Waals surface area (Å²) in [6.45, 7) is 4.25. The molecule has 2 heteroatoms. The summed E-state index contributed by atoms with van der Waals surface area (Å²) < 4.78 is 29.7. The number of halogens is 2. The van der Waals surface area contributed by atoms with Gasteiger partial charge < -0.3 is 0 Å². The second kappa shape index (κ2) is 11.8. The van der Waals surface area contributed by atoms with Crippen LogP contribution in [0.2, 0.25) is 0 Å². The Hall–Kier alpha value is -2.48. The van der Waals surface area contributed by atoms with Crippen molar-refractivity contribution in [3.63, 3.8) is 0 Å². The third kappa shape index (κ3) is 6.34. The Kier molecular flexibility index (Phi) is 8.53. The van der Waals surface area contributed by atoms with Crippen molar-refractivity contribution in [1.29, 1.82) is 0 Å². The Morgan fingerprint density at radius 1 is 0.794 bits per heavy atom.